The number of hydrogen-bond donors (Lipinski definition) is 2. The highest BCUT2D eigenvalue weighted by atomic mass is 32.1. The highest BCUT2D eigenvalue weighted by Gasteiger charge is 2.33. The quantitative estimate of drug-likeness (QED) is 0.813. The highest BCUT2D eigenvalue weighted by molar-refractivity contribution is 7.13. The highest BCUT2D eigenvalue weighted by Crippen LogP contribution is 2.32. The van der Waals surface area contributed by atoms with E-state index in [-0.39, 0.29) is 5.13 Å². The van der Waals surface area contributed by atoms with Crippen LogP contribution in [0, 0.1) is 6.07 Å². The SMILES string of the molecule is Nc1[c]c(Nc2nc(C(F)(F)F)cs2)ccc1. The smallest absolute Gasteiger partial charge is 0.398 e. The fraction of sp³-hybridized carbons (Fsp3) is 0.100. The largest absolute Gasteiger partial charge is 0.434 e. The second kappa shape index (κ2) is 4.25. The minimum atomic E-state index is -4.42. The Bertz CT molecular complexity index is 522. The monoisotopic (exact) mass is 258 g/mol. The van der Waals surface area contributed by atoms with Crippen molar-refractivity contribution in [3.8, 4) is 0 Å². The third-order valence-electron chi connectivity index (χ3n) is 1.85. The van der Waals surface area contributed by atoms with Crippen molar-refractivity contribution in [2.45, 2.75) is 6.18 Å². The molecular formula is C10H7F3N3S. The van der Waals surface area contributed by atoms with Gasteiger partial charge in [0.25, 0.3) is 0 Å². The van der Waals surface area contributed by atoms with Gasteiger partial charge in [-0.25, -0.2) is 4.98 Å². The minimum absolute atomic E-state index is 0.152. The summed E-state index contributed by atoms with van der Waals surface area (Å²) in [5.74, 6) is 0. The first kappa shape index (κ1) is 11.7. The molecule has 1 aromatic heterocycles. The molecule has 0 saturated heterocycles. The second-order valence-electron chi connectivity index (χ2n) is 3.18. The average molecular weight is 258 g/mol. The van der Waals surface area contributed by atoms with E-state index in [0.717, 1.165) is 16.7 Å². The van der Waals surface area contributed by atoms with Crippen molar-refractivity contribution < 1.29 is 13.2 Å². The lowest BCUT2D eigenvalue weighted by molar-refractivity contribution is -0.140. The fourth-order valence-electron chi connectivity index (χ4n) is 1.14. The van der Waals surface area contributed by atoms with E-state index >= 15 is 0 Å². The van der Waals surface area contributed by atoms with E-state index in [1.165, 1.54) is 0 Å². The molecule has 17 heavy (non-hydrogen) atoms. The summed E-state index contributed by atoms with van der Waals surface area (Å²) < 4.78 is 36.9. The van der Waals surface area contributed by atoms with Crippen LogP contribution < -0.4 is 11.1 Å². The Balaban J connectivity index is 2.17. The van der Waals surface area contributed by atoms with Crippen LogP contribution in [-0.4, -0.2) is 4.98 Å². The zero-order chi connectivity index (χ0) is 12.5. The van der Waals surface area contributed by atoms with Gasteiger partial charge in [-0.15, -0.1) is 11.3 Å². The molecule has 2 rings (SSSR count). The lowest BCUT2D eigenvalue weighted by atomic mass is 10.3. The van der Waals surface area contributed by atoms with Crippen molar-refractivity contribution in [2.24, 2.45) is 0 Å². The van der Waals surface area contributed by atoms with E-state index < -0.39 is 11.9 Å². The Kier molecular flexibility index (Phi) is 2.93. The summed E-state index contributed by atoms with van der Waals surface area (Å²) >= 11 is 0.874. The van der Waals surface area contributed by atoms with Crippen LogP contribution in [-0.2, 0) is 6.18 Å². The predicted octanol–water partition coefficient (Wildman–Crippen LogP) is 3.29. The molecule has 3 N–H and O–H groups in total. The summed E-state index contributed by atoms with van der Waals surface area (Å²) in [6, 6.07) is 7.71. The number of anilines is 3. The van der Waals surface area contributed by atoms with Crippen LogP contribution in [0.5, 0.6) is 0 Å². The molecular weight excluding hydrogens is 251 g/mol. The first-order chi connectivity index (χ1) is 7.95. The number of nitrogens with zero attached hydrogens (tertiary/aromatic N) is 1. The van der Waals surface area contributed by atoms with Gasteiger partial charge in [-0.05, 0) is 12.1 Å². The molecule has 3 nitrogen and oxygen atoms in total. The van der Waals surface area contributed by atoms with Crippen molar-refractivity contribution in [1.29, 1.82) is 0 Å². The van der Waals surface area contributed by atoms with E-state index in [4.69, 9.17) is 5.73 Å². The molecule has 0 bridgehead atoms. The Morgan fingerprint density at radius 1 is 1.35 bits per heavy atom. The number of aromatic nitrogens is 1. The fourth-order valence-corrected chi connectivity index (χ4v) is 1.87. The molecule has 2 aromatic rings. The summed E-state index contributed by atoms with van der Waals surface area (Å²) in [6.45, 7) is 0. The van der Waals surface area contributed by atoms with Gasteiger partial charge in [-0.3, -0.25) is 0 Å². The molecule has 0 saturated carbocycles. The molecule has 0 fully saturated rings. The molecule has 7 heteroatoms. The van der Waals surface area contributed by atoms with Gasteiger partial charge in [-0.2, -0.15) is 13.2 Å². The van der Waals surface area contributed by atoms with Gasteiger partial charge in [-0.1, -0.05) is 6.07 Å². The van der Waals surface area contributed by atoms with Gasteiger partial charge in [0.2, 0.25) is 0 Å². The average Bonchev–Trinajstić information content (AvgIpc) is 2.65. The molecule has 0 aliphatic carbocycles. The topological polar surface area (TPSA) is 50.9 Å². The van der Waals surface area contributed by atoms with Gasteiger partial charge in [0.1, 0.15) is 0 Å². The molecule has 0 unspecified atom stereocenters. The first-order valence-electron chi connectivity index (χ1n) is 4.53. The van der Waals surface area contributed by atoms with Crippen LogP contribution in [0.3, 0.4) is 0 Å². The van der Waals surface area contributed by atoms with Crippen LogP contribution in [0.2, 0.25) is 0 Å². The van der Waals surface area contributed by atoms with Crippen LogP contribution >= 0.6 is 11.3 Å². The standard InChI is InChI=1S/C10H7F3N3S/c11-10(12,13)8-5-17-9(16-8)15-7-3-1-2-6(14)4-7/h1-3,5H,14H2,(H,15,16). The van der Waals surface area contributed by atoms with Crippen LogP contribution in [0.25, 0.3) is 0 Å². The Hall–Kier alpha value is -1.76. The van der Waals surface area contributed by atoms with Crippen molar-refractivity contribution in [2.75, 3.05) is 11.1 Å². The minimum Gasteiger partial charge on any atom is -0.398 e. The zero-order valence-electron chi connectivity index (χ0n) is 8.38. The maximum atomic E-state index is 12.3. The number of nitrogens with two attached hydrogens (primary N) is 1. The van der Waals surface area contributed by atoms with Crippen LogP contribution in [0.1, 0.15) is 5.69 Å². The maximum Gasteiger partial charge on any atom is 0.434 e. The van der Waals surface area contributed by atoms with Gasteiger partial charge in [0, 0.05) is 17.1 Å². The molecule has 0 amide bonds. The number of alkyl halides is 3. The molecule has 0 aliphatic heterocycles. The lowest BCUT2D eigenvalue weighted by Gasteiger charge is -2.03. The molecule has 1 aromatic carbocycles. The van der Waals surface area contributed by atoms with E-state index in [1.807, 2.05) is 0 Å². The number of nitrogen functional groups attached to an aromatic ring is 1. The van der Waals surface area contributed by atoms with Crippen LogP contribution in [0.15, 0.2) is 23.6 Å². The lowest BCUT2D eigenvalue weighted by Crippen LogP contribution is -2.05. The first-order valence-corrected chi connectivity index (χ1v) is 5.41. The number of benzene rings is 1. The summed E-state index contributed by atoms with van der Waals surface area (Å²) in [5.41, 5.74) is 5.47. The summed E-state index contributed by atoms with van der Waals surface area (Å²) in [4.78, 5) is 3.43. The molecule has 1 radical (unpaired) electrons. The Labute approximate surface area is 99.1 Å². The number of hydrogen-bond acceptors (Lipinski definition) is 4. The summed E-state index contributed by atoms with van der Waals surface area (Å²) in [6.07, 6.45) is -4.42. The number of nitrogens with one attached hydrogen (secondary N) is 1. The predicted molar refractivity (Wildman–Crippen MR) is 60.1 cm³/mol. The Morgan fingerprint density at radius 3 is 2.71 bits per heavy atom. The number of rotatable bonds is 2. The van der Waals surface area contributed by atoms with Crippen molar-refractivity contribution >= 4 is 27.8 Å². The van der Waals surface area contributed by atoms with E-state index in [9.17, 15) is 13.2 Å². The summed E-state index contributed by atoms with van der Waals surface area (Å²) in [5, 5.41) is 3.81. The van der Waals surface area contributed by atoms with Crippen LogP contribution in [0.4, 0.5) is 29.7 Å². The van der Waals surface area contributed by atoms with Crippen molar-refractivity contribution in [3.63, 3.8) is 0 Å². The van der Waals surface area contributed by atoms with E-state index in [0.29, 0.717) is 11.4 Å². The van der Waals surface area contributed by atoms with Gasteiger partial charge < -0.3 is 11.1 Å². The second-order valence-corrected chi connectivity index (χ2v) is 4.04. The third-order valence-corrected chi connectivity index (χ3v) is 2.61. The van der Waals surface area contributed by atoms with Crippen molar-refractivity contribution in [1.82, 2.24) is 4.98 Å². The number of halogens is 3. The normalized spacial score (nSPS) is 11.5. The summed E-state index contributed by atoms with van der Waals surface area (Å²) in [7, 11) is 0. The van der Waals surface area contributed by atoms with Gasteiger partial charge in [0.15, 0.2) is 10.8 Å². The molecule has 0 atom stereocenters. The zero-order valence-corrected chi connectivity index (χ0v) is 9.19. The van der Waals surface area contributed by atoms with Gasteiger partial charge in [0.05, 0.1) is 5.69 Å². The van der Waals surface area contributed by atoms with Gasteiger partial charge >= 0.3 is 6.18 Å². The van der Waals surface area contributed by atoms with E-state index in [1.54, 1.807) is 18.2 Å². The van der Waals surface area contributed by atoms with Crippen molar-refractivity contribution in [3.05, 3.63) is 35.3 Å². The maximum absolute atomic E-state index is 12.3. The van der Waals surface area contributed by atoms with E-state index in [2.05, 4.69) is 16.4 Å². The molecule has 1 heterocycles. The Morgan fingerprint density at radius 2 is 2.12 bits per heavy atom. The third kappa shape index (κ3) is 2.88. The molecule has 0 spiro atoms. The number of thiazole rings is 1. The molecule has 89 valence electrons. The molecule has 0 aliphatic rings.